The predicted octanol–water partition coefficient (Wildman–Crippen LogP) is 1.54. The molecule has 0 aliphatic carbocycles. The lowest BCUT2D eigenvalue weighted by Gasteiger charge is -2.12. The molecule has 1 amide bonds. The van der Waals surface area contributed by atoms with Gasteiger partial charge in [0.15, 0.2) is 0 Å². The molecule has 1 N–H and O–H groups in total. The number of hydrogen-bond acceptors (Lipinski definition) is 5. The van der Waals surface area contributed by atoms with E-state index in [0.29, 0.717) is 5.69 Å². The van der Waals surface area contributed by atoms with Gasteiger partial charge < -0.3 is 10.4 Å². The molecular formula is C17H14N4O2S. The average Bonchev–Trinajstić information content (AvgIpc) is 3.06. The van der Waals surface area contributed by atoms with E-state index in [1.54, 1.807) is 24.3 Å². The molecule has 1 heterocycles. The van der Waals surface area contributed by atoms with Gasteiger partial charge in [-0.25, -0.2) is 0 Å². The minimum atomic E-state index is -0.495. The summed E-state index contributed by atoms with van der Waals surface area (Å²) in [4.78, 5) is 13.9. The van der Waals surface area contributed by atoms with Crippen LogP contribution in [0.2, 0.25) is 0 Å². The molecule has 0 radical (unpaired) electrons. The number of nitrogens with zero attached hydrogens (tertiary/aromatic N) is 3. The second kappa shape index (κ2) is 7.01. The maximum Gasteiger partial charge on any atom is 0.269 e. The fraction of sp³-hybridized carbons (Fsp3) is 0.0588. The van der Waals surface area contributed by atoms with E-state index < -0.39 is 5.91 Å². The number of carbonyl (C=O) groups excluding carboxylic acids is 1. The minimum absolute atomic E-state index is 0.00830. The Morgan fingerprint density at radius 1 is 1.08 bits per heavy atom. The second-order valence-electron chi connectivity index (χ2n) is 4.95. The number of rotatable bonds is 4. The molecule has 0 spiro atoms. The highest BCUT2D eigenvalue weighted by atomic mass is 32.1. The van der Waals surface area contributed by atoms with Crippen molar-refractivity contribution in [1.82, 2.24) is 9.59 Å². The van der Waals surface area contributed by atoms with Crippen LogP contribution in [-0.4, -0.2) is 15.5 Å². The predicted molar refractivity (Wildman–Crippen MR) is 89.1 cm³/mol. The Kier molecular flexibility index (Phi) is 4.62. The number of aromatic nitrogens is 3. The van der Waals surface area contributed by atoms with Crippen LogP contribution in [-0.2, 0) is 4.79 Å². The molecule has 0 unspecified atom stereocenters. The maximum atomic E-state index is 12.5. The fourth-order valence-electron chi connectivity index (χ4n) is 2.08. The summed E-state index contributed by atoms with van der Waals surface area (Å²) in [5, 5.41) is 19.2. The molecule has 6 nitrogen and oxygen atoms in total. The van der Waals surface area contributed by atoms with Gasteiger partial charge in [0.1, 0.15) is 0 Å². The lowest BCUT2D eigenvalue weighted by atomic mass is 10.2. The highest BCUT2D eigenvalue weighted by Crippen LogP contribution is 2.19. The standard InChI is InChI=1S/C17H14N4O2S/c1-12(22)15(16(23)18-13-8-4-2-5-9-13)17-19-21(20-24-17)14-10-6-3-7-11-14/h2-11H,1H3,(H-,18,19,20,22,23). The molecule has 0 fully saturated rings. The van der Waals surface area contributed by atoms with Crippen molar-refractivity contribution in [3.05, 3.63) is 71.4 Å². The molecule has 0 saturated heterocycles. The number of nitrogens with one attached hydrogen (secondary N) is 1. The second-order valence-corrected chi connectivity index (χ2v) is 5.69. The van der Waals surface area contributed by atoms with Crippen molar-refractivity contribution in [2.45, 2.75) is 6.92 Å². The summed E-state index contributed by atoms with van der Waals surface area (Å²) in [6.07, 6.45) is 0. The Morgan fingerprint density at radius 3 is 2.33 bits per heavy atom. The summed E-state index contributed by atoms with van der Waals surface area (Å²) in [6, 6.07) is 18.2. The fourth-order valence-corrected chi connectivity index (χ4v) is 2.81. The van der Waals surface area contributed by atoms with Crippen molar-refractivity contribution in [2.24, 2.45) is 0 Å². The molecule has 0 bridgehead atoms. The van der Waals surface area contributed by atoms with Crippen molar-refractivity contribution in [2.75, 3.05) is 5.32 Å². The van der Waals surface area contributed by atoms with E-state index in [1.165, 1.54) is 11.7 Å². The summed E-state index contributed by atoms with van der Waals surface area (Å²) in [5.74, 6) is -0.857. The molecule has 3 rings (SSSR count). The molecule has 0 saturated carbocycles. The van der Waals surface area contributed by atoms with Gasteiger partial charge in [-0.05, 0) is 12.1 Å². The van der Waals surface area contributed by atoms with Gasteiger partial charge in [-0.1, -0.05) is 43.3 Å². The van der Waals surface area contributed by atoms with Crippen LogP contribution in [0.25, 0.3) is 11.3 Å². The molecule has 7 heteroatoms. The first-order valence-corrected chi connectivity index (χ1v) is 7.99. The lowest BCUT2D eigenvalue weighted by Crippen LogP contribution is -2.36. The molecule has 0 aliphatic rings. The third-order valence-electron chi connectivity index (χ3n) is 3.20. The van der Waals surface area contributed by atoms with E-state index in [9.17, 15) is 9.90 Å². The normalized spacial score (nSPS) is 11.7. The highest BCUT2D eigenvalue weighted by Gasteiger charge is 2.23. The molecule has 24 heavy (non-hydrogen) atoms. The minimum Gasteiger partial charge on any atom is -0.875 e. The van der Waals surface area contributed by atoms with Crippen LogP contribution in [0.1, 0.15) is 11.9 Å². The van der Waals surface area contributed by atoms with Gasteiger partial charge in [0.25, 0.3) is 11.6 Å². The number of anilines is 1. The number of amides is 1. The zero-order valence-corrected chi connectivity index (χ0v) is 13.7. The van der Waals surface area contributed by atoms with Gasteiger partial charge in [-0.3, -0.25) is 4.79 Å². The summed E-state index contributed by atoms with van der Waals surface area (Å²) in [5.41, 5.74) is 1.36. The zero-order valence-electron chi connectivity index (χ0n) is 12.8. The topological polar surface area (TPSA) is 81.8 Å². The molecule has 2 aromatic carbocycles. The molecule has 0 atom stereocenters. The van der Waals surface area contributed by atoms with E-state index in [-0.39, 0.29) is 16.3 Å². The molecule has 3 aromatic rings. The quantitative estimate of drug-likeness (QED) is 0.444. The van der Waals surface area contributed by atoms with Crippen LogP contribution in [0.15, 0.2) is 66.4 Å². The van der Waals surface area contributed by atoms with E-state index in [1.807, 2.05) is 36.4 Å². The summed E-state index contributed by atoms with van der Waals surface area (Å²) >= 11 is 1.00. The van der Waals surface area contributed by atoms with Crippen LogP contribution in [0.3, 0.4) is 0 Å². The number of para-hydroxylation sites is 2. The lowest BCUT2D eigenvalue weighted by molar-refractivity contribution is -0.710. The van der Waals surface area contributed by atoms with Crippen molar-refractivity contribution >= 4 is 28.7 Å². The van der Waals surface area contributed by atoms with Gasteiger partial charge in [0.05, 0.1) is 26.4 Å². The molecule has 120 valence electrons. The number of benzene rings is 2. The number of allylic oxidation sites excluding steroid dienone is 1. The molecular weight excluding hydrogens is 324 g/mol. The Morgan fingerprint density at radius 2 is 1.71 bits per heavy atom. The van der Waals surface area contributed by atoms with Crippen LogP contribution in [0, 0.1) is 0 Å². The zero-order chi connectivity index (χ0) is 16.9. The van der Waals surface area contributed by atoms with Crippen LogP contribution < -0.4 is 15.2 Å². The number of hydrogen-bond donors (Lipinski definition) is 1. The van der Waals surface area contributed by atoms with Gasteiger partial charge in [0.2, 0.25) is 5.01 Å². The third kappa shape index (κ3) is 3.47. The van der Waals surface area contributed by atoms with Crippen molar-refractivity contribution < 1.29 is 14.7 Å². The van der Waals surface area contributed by atoms with E-state index in [4.69, 9.17) is 0 Å². The Labute approximate surface area is 142 Å². The monoisotopic (exact) mass is 338 g/mol. The summed E-state index contributed by atoms with van der Waals surface area (Å²) in [6.45, 7) is 1.34. The van der Waals surface area contributed by atoms with Crippen LogP contribution >= 0.6 is 11.5 Å². The first kappa shape index (κ1) is 15.8. The first-order chi connectivity index (χ1) is 11.6. The maximum absolute atomic E-state index is 12.5. The number of carbonyl (C=O) groups is 1. The van der Waals surface area contributed by atoms with E-state index >= 15 is 0 Å². The van der Waals surface area contributed by atoms with Gasteiger partial charge in [0, 0.05) is 22.9 Å². The van der Waals surface area contributed by atoms with E-state index in [2.05, 4.69) is 14.9 Å². The SMILES string of the molecule is C/C([O-])=C(\C(=O)Nc1ccccc1)c1n[n+](-c2ccccc2)ns1. The molecule has 0 aliphatic heterocycles. The Hall–Kier alpha value is -3.06. The Balaban J connectivity index is 1.89. The largest absolute Gasteiger partial charge is 0.875 e. The van der Waals surface area contributed by atoms with Crippen molar-refractivity contribution in [1.29, 1.82) is 0 Å². The smallest absolute Gasteiger partial charge is 0.269 e. The third-order valence-corrected chi connectivity index (χ3v) is 3.90. The Bertz CT molecular complexity index is 872. The van der Waals surface area contributed by atoms with Crippen LogP contribution in [0.4, 0.5) is 5.69 Å². The van der Waals surface area contributed by atoms with Gasteiger partial charge >= 0.3 is 0 Å². The van der Waals surface area contributed by atoms with Crippen LogP contribution in [0.5, 0.6) is 0 Å². The van der Waals surface area contributed by atoms with E-state index in [0.717, 1.165) is 17.2 Å². The summed E-state index contributed by atoms with van der Waals surface area (Å²) < 4.78 is 4.17. The van der Waals surface area contributed by atoms with Gasteiger partial charge in [-0.15, -0.1) is 5.76 Å². The average molecular weight is 338 g/mol. The van der Waals surface area contributed by atoms with Gasteiger partial charge in [-0.2, -0.15) is 0 Å². The van der Waals surface area contributed by atoms with Crippen molar-refractivity contribution in [3.63, 3.8) is 0 Å². The highest BCUT2D eigenvalue weighted by molar-refractivity contribution is 7.06. The van der Waals surface area contributed by atoms with Crippen molar-refractivity contribution in [3.8, 4) is 5.69 Å². The first-order valence-electron chi connectivity index (χ1n) is 7.21. The molecule has 1 aromatic heterocycles. The summed E-state index contributed by atoms with van der Waals surface area (Å²) in [7, 11) is 0.